The molecule has 0 amide bonds. The van der Waals surface area contributed by atoms with E-state index >= 15 is 0 Å². The van der Waals surface area contributed by atoms with Gasteiger partial charge in [0, 0.05) is 62.3 Å². The maximum atomic E-state index is 5.51. The summed E-state index contributed by atoms with van der Waals surface area (Å²) in [6, 6.07) is 10.3. The highest BCUT2D eigenvalue weighted by Gasteiger charge is 2.10. The number of rotatable bonds is 9. The normalized spacial score (nSPS) is 11.7. The molecule has 2 heterocycles. The monoisotopic (exact) mass is 411 g/mol. The molecular formula is C23H33N5O2. The summed E-state index contributed by atoms with van der Waals surface area (Å²) in [6.07, 6.45) is 3.95. The molecule has 7 heteroatoms. The summed E-state index contributed by atoms with van der Waals surface area (Å²) in [5.41, 5.74) is 3.46. The lowest BCUT2D eigenvalue weighted by atomic mass is 10.2. The van der Waals surface area contributed by atoms with E-state index in [4.69, 9.17) is 14.5 Å². The molecule has 0 unspecified atom stereocenters. The molecule has 0 aliphatic rings. The van der Waals surface area contributed by atoms with Gasteiger partial charge >= 0.3 is 0 Å². The molecule has 0 aliphatic heterocycles. The van der Waals surface area contributed by atoms with E-state index in [1.165, 1.54) is 11.4 Å². The van der Waals surface area contributed by atoms with Crippen LogP contribution in [0.4, 0.5) is 0 Å². The predicted molar refractivity (Wildman–Crippen MR) is 123 cm³/mol. The number of hydrogen-bond acceptors (Lipinski definition) is 3. The Balaban J connectivity index is 1.62. The quantitative estimate of drug-likeness (QED) is 0.321. The second-order valence-corrected chi connectivity index (χ2v) is 7.39. The number of nitrogens with zero attached hydrogens (tertiary/aromatic N) is 3. The Morgan fingerprint density at radius 2 is 2.07 bits per heavy atom. The van der Waals surface area contributed by atoms with Crippen molar-refractivity contribution in [3.63, 3.8) is 0 Å². The van der Waals surface area contributed by atoms with Gasteiger partial charge in [-0.25, -0.2) is 0 Å². The lowest BCUT2D eigenvalue weighted by molar-refractivity contribution is 0.398. The van der Waals surface area contributed by atoms with Gasteiger partial charge in [-0.15, -0.1) is 0 Å². The zero-order chi connectivity index (χ0) is 21.5. The first-order chi connectivity index (χ1) is 14.5. The molecule has 0 fully saturated rings. The number of benzene rings is 1. The van der Waals surface area contributed by atoms with Crippen LogP contribution in [0.5, 0.6) is 11.5 Å². The van der Waals surface area contributed by atoms with Gasteiger partial charge in [-0.3, -0.25) is 4.99 Å². The fourth-order valence-corrected chi connectivity index (χ4v) is 3.56. The molecule has 7 nitrogen and oxygen atoms in total. The van der Waals surface area contributed by atoms with E-state index in [1.54, 1.807) is 14.2 Å². The highest BCUT2D eigenvalue weighted by Crippen LogP contribution is 2.31. The number of aromatic amines is 1. The van der Waals surface area contributed by atoms with E-state index in [2.05, 4.69) is 65.2 Å². The van der Waals surface area contributed by atoms with Gasteiger partial charge in [0.25, 0.3) is 0 Å². The van der Waals surface area contributed by atoms with Gasteiger partial charge in [0.05, 0.1) is 26.3 Å². The van der Waals surface area contributed by atoms with Gasteiger partial charge in [-0.1, -0.05) is 0 Å². The molecule has 3 aromatic rings. The number of aliphatic imine (C=N–C) groups is 1. The Bertz CT molecular complexity index is 989. The molecule has 0 saturated heterocycles. The first-order valence-electron chi connectivity index (χ1n) is 10.4. The smallest absolute Gasteiger partial charge is 0.194 e. The molecule has 3 rings (SSSR count). The first kappa shape index (κ1) is 21.6. The number of aromatic nitrogens is 2. The third-order valence-corrected chi connectivity index (χ3v) is 5.20. The number of aryl methyl sites for hydroxylation is 2. The highest BCUT2D eigenvalue weighted by atomic mass is 16.5. The van der Waals surface area contributed by atoms with Crippen molar-refractivity contribution in [1.29, 1.82) is 0 Å². The van der Waals surface area contributed by atoms with Crippen LogP contribution in [0, 0.1) is 0 Å². The van der Waals surface area contributed by atoms with Crippen LogP contribution < -0.4 is 14.8 Å². The van der Waals surface area contributed by atoms with Gasteiger partial charge in [0.2, 0.25) is 0 Å². The van der Waals surface area contributed by atoms with E-state index in [0.717, 1.165) is 60.8 Å². The number of H-pyrrole nitrogens is 1. The van der Waals surface area contributed by atoms with Gasteiger partial charge in [-0.2, -0.15) is 0 Å². The van der Waals surface area contributed by atoms with Crippen molar-refractivity contribution in [2.75, 3.05) is 34.4 Å². The Kier molecular flexibility index (Phi) is 7.27. The second kappa shape index (κ2) is 10.1. The number of hydrogen-bond donors (Lipinski definition) is 2. The average molecular weight is 412 g/mol. The van der Waals surface area contributed by atoms with Gasteiger partial charge in [0.15, 0.2) is 5.96 Å². The molecule has 162 valence electrons. The van der Waals surface area contributed by atoms with Gasteiger partial charge in [-0.05, 0) is 38.0 Å². The van der Waals surface area contributed by atoms with E-state index in [1.807, 2.05) is 12.1 Å². The number of guanidine groups is 1. The topological polar surface area (TPSA) is 66.8 Å². The van der Waals surface area contributed by atoms with Crippen molar-refractivity contribution in [3.8, 4) is 11.5 Å². The molecule has 30 heavy (non-hydrogen) atoms. The number of ether oxygens (including phenoxy) is 2. The summed E-state index contributed by atoms with van der Waals surface area (Å²) in [5.74, 6) is 2.54. The average Bonchev–Trinajstić information content (AvgIpc) is 3.34. The molecule has 0 radical (unpaired) electrons. The standard InChI is InChI=1S/C23H33N5O2/c1-6-24-23(28(3)16-18-10-8-12-27(18)2)25-11-7-9-17-13-20-21(26-17)14-19(29-4)15-22(20)30-5/h8,10,12-15,26H,6-7,9,11,16H2,1-5H3,(H,24,25). The third-order valence-electron chi connectivity index (χ3n) is 5.20. The van der Waals surface area contributed by atoms with Gasteiger partial charge in [0.1, 0.15) is 11.5 Å². The van der Waals surface area contributed by atoms with Crippen LogP contribution in [-0.4, -0.2) is 54.8 Å². The minimum absolute atomic E-state index is 0.760. The molecule has 0 spiro atoms. The zero-order valence-corrected chi connectivity index (χ0v) is 18.7. The summed E-state index contributed by atoms with van der Waals surface area (Å²) in [5, 5.41) is 4.47. The van der Waals surface area contributed by atoms with Crippen LogP contribution in [0.25, 0.3) is 10.9 Å². The lowest BCUT2D eigenvalue weighted by Crippen LogP contribution is -2.38. The van der Waals surface area contributed by atoms with Crippen LogP contribution in [-0.2, 0) is 20.0 Å². The summed E-state index contributed by atoms with van der Waals surface area (Å²) in [7, 11) is 7.49. The van der Waals surface area contributed by atoms with E-state index in [-0.39, 0.29) is 0 Å². The third kappa shape index (κ3) is 5.09. The molecular weight excluding hydrogens is 378 g/mol. The lowest BCUT2D eigenvalue weighted by Gasteiger charge is -2.22. The Morgan fingerprint density at radius 3 is 2.73 bits per heavy atom. The Morgan fingerprint density at radius 1 is 1.23 bits per heavy atom. The Hall–Kier alpha value is -3.09. The van der Waals surface area contributed by atoms with Crippen LogP contribution in [0.15, 0.2) is 41.5 Å². The van der Waals surface area contributed by atoms with Crippen molar-refractivity contribution < 1.29 is 9.47 Å². The maximum absolute atomic E-state index is 5.51. The molecule has 2 aromatic heterocycles. The van der Waals surface area contributed by atoms with E-state index in [9.17, 15) is 0 Å². The Labute approximate surface area is 178 Å². The second-order valence-electron chi connectivity index (χ2n) is 7.39. The summed E-state index contributed by atoms with van der Waals surface area (Å²) in [6.45, 7) is 4.52. The SMILES string of the molecule is CCNC(=NCCCc1cc2c(OC)cc(OC)cc2[nH]1)N(C)Cc1cccn1C. The first-order valence-corrected chi connectivity index (χ1v) is 10.4. The summed E-state index contributed by atoms with van der Waals surface area (Å²) < 4.78 is 13.0. The van der Waals surface area contributed by atoms with Crippen LogP contribution in [0.2, 0.25) is 0 Å². The summed E-state index contributed by atoms with van der Waals surface area (Å²) >= 11 is 0. The molecule has 1 aromatic carbocycles. The van der Waals surface area contributed by atoms with Crippen molar-refractivity contribution >= 4 is 16.9 Å². The molecule has 0 bridgehead atoms. The fourth-order valence-electron chi connectivity index (χ4n) is 3.56. The molecule has 0 atom stereocenters. The van der Waals surface area contributed by atoms with Crippen molar-refractivity contribution in [2.45, 2.75) is 26.3 Å². The van der Waals surface area contributed by atoms with Gasteiger partial charge < -0.3 is 29.2 Å². The summed E-state index contributed by atoms with van der Waals surface area (Å²) in [4.78, 5) is 10.5. The van der Waals surface area contributed by atoms with Crippen LogP contribution in [0.1, 0.15) is 24.7 Å². The minimum Gasteiger partial charge on any atom is -0.497 e. The molecule has 0 aliphatic carbocycles. The maximum Gasteiger partial charge on any atom is 0.194 e. The van der Waals surface area contributed by atoms with Crippen molar-refractivity contribution in [1.82, 2.24) is 19.8 Å². The highest BCUT2D eigenvalue weighted by molar-refractivity contribution is 5.88. The predicted octanol–water partition coefficient (Wildman–Crippen LogP) is 3.55. The number of methoxy groups -OCH3 is 2. The number of nitrogens with one attached hydrogen (secondary N) is 2. The fraction of sp³-hybridized carbons (Fsp3) is 0.435. The van der Waals surface area contributed by atoms with Crippen molar-refractivity contribution in [3.05, 3.63) is 47.9 Å². The molecule has 2 N–H and O–H groups in total. The largest absolute Gasteiger partial charge is 0.497 e. The van der Waals surface area contributed by atoms with Crippen LogP contribution >= 0.6 is 0 Å². The van der Waals surface area contributed by atoms with Crippen LogP contribution in [0.3, 0.4) is 0 Å². The molecule has 0 saturated carbocycles. The zero-order valence-electron chi connectivity index (χ0n) is 18.7. The van der Waals surface area contributed by atoms with E-state index in [0.29, 0.717) is 0 Å². The number of fused-ring (bicyclic) bond motifs is 1. The van der Waals surface area contributed by atoms with Crippen molar-refractivity contribution in [2.24, 2.45) is 12.0 Å². The minimum atomic E-state index is 0.760. The van der Waals surface area contributed by atoms with E-state index < -0.39 is 0 Å².